The van der Waals surface area contributed by atoms with Gasteiger partial charge in [-0.25, -0.2) is 4.99 Å². The Bertz CT molecular complexity index is 1190. The molecule has 45 heavy (non-hydrogen) atoms. The van der Waals surface area contributed by atoms with E-state index < -0.39 is 0 Å². The van der Waals surface area contributed by atoms with Gasteiger partial charge in [-0.15, -0.1) is 10.2 Å². The number of allylic oxidation sites excluding steroid dienone is 4. The molecule has 0 unspecified atom stereocenters. The largest absolute Gasteiger partial charge is 0.506 e. The molecular weight excluding hydrogens is 579 g/mol. The zero-order chi connectivity index (χ0) is 32.1. The van der Waals surface area contributed by atoms with Crippen molar-refractivity contribution in [3.63, 3.8) is 0 Å². The van der Waals surface area contributed by atoms with Crippen molar-refractivity contribution in [2.24, 2.45) is 9.98 Å². The van der Waals surface area contributed by atoms with Gasteiger partial charge in [-0.05, 0) is 49.8 Å². The molecule has 0 bridgehead atoms. The van der Waals surface area contributed by atoms with Gasteiger partial charge < -0.3 is 5.11 Å². The van der Waals surface area contributed by atoms with Crippen LogP contribution in [0.1, 0.15) is 152 Å². The van der Waals surface area contributed by atoms with Crippen LogP contribution in [0.25, 0.3) is 6.08 Å². The number of aromatic nitrogens is 2. The number of carbonyl (C=O) groups is 1. The highest BCUT2D eigenvalue weighted by molar-refractivity contribution is 7.12. The smallest absolute Gasteiger partial charge is 0.336 e. The topological polar surface area (TPSA) is 90.8 Å². The molecule has 0 spiro atoms. The van der Waals surface area contributed by atoms with Crippen molar-refractivity contribution < 1.29 is 14.5 Å². The van der Waals surface area contributed by atoms with Crippen LogP contribution in [-0.2, 0) is 4.79 Å². The second-order valence-corrected chi connectivity index (χ2v) is 13.8. The number of hydrogen-bond acceptors (Lipinski definition) is 6. The van der Waals surface area contributed by atoms with Crippen molar-refractivity contribution in [1.82, 2.24) is 10.2 Å². The number of rotatable bonds is 24. The number of Topliss-reactive ketones (excluding diaryl/α,β-unsaturated/α-hetero) is 1. The monoisotopic (exact) mass is 636 g/mol. The van der Waals surface area contributed by atoms with Crippen molar-refractivity contribution in [3.8, 4) is 0 Å². The van der Waals surface area contributed by atoms with E-state index in [1.165, 1.54) is 127 Å². The van der Waals surface area contributed by atoms with E-state index in [-0.39, 0.29) is 22.7 Å². The third kappa shape index (κ3) is 13.3. The molecular formula is C37H58N5O2S+. The summed E-state index contributed by atoms with van der Waals surface area (Å²) in [5, 5.41) is 20.2. The molecule has 1 aromatic rings. The van der Waals surface area contributed by atoms with Crippen molar-refractivity contribution in [2.45, 2.75) is 149 Å². The Morgan fingerprint density at radius 2 is 1.20 bits per heavy atom. The quantitative estimate of drug-likeness (QED) is 0.0695. The fraction of sp³-hybridized carbons (Fsp3) is 0.676. The minimum absolute atomic E-state index is 0.0351. The Morgan fingerprint density at radius 1 is 0.689 bits per heavy atom. The summed E-state index contributed by atoms with van der Waals surface area (Å²) in [4.78, 5) is 22.1. The molecule has 3 rings (SSSR count). The summed E-state index contributed by atoms with van der Waals surface area (Å²) in [5.74, 6) is 0.597. The number of aliphatic imine (C=N–C) groups is 2. The summed E-state index contributed by atoms with van der Waals surface area (Å²) in [6, 6.07) is 0. The highest BCUT2D eigenvalue weighted by Gasteiger charge is 2.36. The van der Waals surface area contributed by atoms with E-state index in [2.05, 4.69) is 33.6 Å². The van der Waals surface area contributed by atoms with Crippen molar-refractivity contribution in [3.05, 3.63) is 38.7 Å². The third-order valence-electron chi connectivity index (χ3n) is 8.68. The normalized spacial score (nSPS) is 16.4. The molecule has 0 saturated carbocycles. The molecule has 0 fully saturated rings. The highest BCUT2D eigenvalue weighted by Crippen LogP contribution is 2.33. The Balaban J connectivity index is 1.52. The predicted octanol–water partition coefficient (Wildman–Crippen LogP) is 9.92. The van der Waals surface area contributed by atoms with Crippen LogP contribution in [0.4, 0.5) is 0 Å². The molecule has 1 aromatic heterocycles. The maximum absolute atomic E-state index is 12.8. The first kappa shape index (κ1) is 36.7. The SMILES string of the molecule is CCCCCCCCCCCC[N+](CCCCCCCCCCCC)=C1C=N/C(=C2\C(=O)C(/C=C/c3nnc(C)s3)=C2O)C=N1. The first-order valence-electron chi connectivity index (χ1n) is 18.0. The zero-order valence-corrected chi connectivity index (χ0v) is 29.2. The van der Waals surface area contributed by atoms with Crippen LogP contribution in [0.2, 0.25) is 0 Å². The molecule has 248 valence electrons. The van der Waals surface area contributed by atoms with E-state index in [1.54, 1.807) is 24.6 Å². The first-order chi connectivity index (χ1) is 22.0. The Labute approximate surface area is 276 Å². The van der Waals surface area contributed by atoms with Crippen LogP contribution < -0.4 is 0 Å². The lowest BCUT2D eigenvalue weighted by molar-refractivity contribution is -0.528. The van der Waals surface area contributed by atoms with Gasteiger partial charge in [-0.3, -0.25) is 9.37 Å². The Morgan fingerprint density at radius 3 is 1.62 bits per heavy atom. The van der Waals surface area contributed by atoms with E-state index in [9.17, 15) is 9.90 Å². The zero-order valence-electron chi connectivity index (χ0n) is 28.4. The van der Waals surface area contributed by atoms with Gasteiger partial charge in [0.05, 0.1) is 24.2 Å². The third-order valence-corrected chi connectivity index (χ3v) is 9.48. The second-order valence-electron chi connectivity index (χ2n) is 12.6. The summed E-state index contributed by atoms with van der Waals surface area (Å²) < 4.78 is 2.37. The second kappa shape index (κ2) is 21.9. The summed E-state index contributed by atoms with van der Waals surface area (Å²) in [6.07, 6.45) is 33.1. The number of hydrogen-bond donors (Lipinski definition) is 1. The van der Waals surface area contributed by atoms with Gasteiger partial charge in [0.2, 0.25) is 5.78 Å². The number of unbranched alkanes of at least 4 members (excludes halogenated alkanes) is 18. The summed E-state index contributed by atoms with van der Waals surface area (Å²) in [6.45, 7) is 8.37. The van der Waals surface area contributed by atoms with Crippen LogP contribution >= 0.6 is 11.3 Å². The molecule has 2 aliphatic rings. The number of ketones is 1. The number of amidine groups is 1. The summed E-state index contributed by atoms with van der Waals surface area (Å²) >= 11 is 1.44. The van der Waals surface area contributed by atoms with Gasteiger partial charge >= 0.3 is 5.84 Å². The predicted molar refractivity (Wildman–Crippen MR) is 191 cm³/mol. The van der Waals surface area contributed by atoms with Crippen molar-refractivity contribution >= 4 is 41.5 Å². The Kier molecular flexibility index (Phi) is 17.9. The fourth-order valence-corrected chi connectivity index (χ4v) is 6.48. The standard InChI is InChI=1S/C37H57N5O2S/c1-4-6-8-10-12-14-16-18-20-22-26-42(27-23-21-19-17-15-13-11-9-7-5-2)33-29-38-32(28-39-33)35-36(43)31(37(35)44)24-25-34-41-40-30(3)45-34/h24-25,28-29H,4-23,26-27H2,1-3H3/p+1. The minimum atomic E-state index is -0.223. The lowest BCUT2D eigenvalue weighted by atomic mass is 9.86. The first-order valence-corrected chi connectivity index (χ1v) is 18.8. The van der Waals surface area contributed by atoms with E-state index in [1.807, 2.05) is 6.92 Å². The van der Waals surface area contributed by atoms with E-state index in [4.69, 9.17) is 4.99 Å². The fourth-order valence-electron chi connectivity index (χ4n) is 5.88. The maximum Gasteiger partial charge on any atom is 0.336 e. The van der Waals surface area contributed by atoms with E-state index in [0.29, 0.717) is 10.7 Å². The van der Waals surface area contributed by atoms with Crippen LogP contribution in [0.15, 0.2) is 38.7 Å². The number of carbonyl (C=O) groups excluding carboxylic acids is 1. The number of nitrogens with zero attached hydrogens (tertiary/aromatic N) is 5. The minimum Gasteiger partial charge on any atom is -0.506 e. The molecule has 7 nitrogen and oxygen atoms in total. The van der Waals surface area contributed by atoms with E-state index in [0.717, 1.165) is 36.8 Å². The van der Waals surface area contributed by atoms with Crippen LogP contribution in [0, 0.1) is 6.92 Å². The van der Waals surface area contributed by atoms with Crippen molar-refractivity contribution in [2.75, 3.05) is 13.1 Å². The molecule has 0 radical (unpaired) electrons. The lowest BCUT2D eigenvalue weighted by Gasteiger charge is -2.19. The summed E-state index contributed by atoms with van der Waals surface area (Å²) in [7, 11) is 0. The molecule has 0 saturated heterocycles. The van der Waals surface area contributed by atoms with Gasteiger partial charge in [0.25, 0.3) is 0 Å². The average molecular weight is 637 g/mol. The molecule has 8 heteroatoms. The molecule has 0 atom stereocenters. The number of aryl methyl sites for hydroxylation is 1. The lowest BCUT2D eigenvalue weighted by Crippen LogP contribution is -2.27. The molecule has 1 aliphatic heterocycles. The van der Waals surface area contributed by atoms with Gasteiger partial charge in [-0.1, -0.05) is 128 Å². The highest BCUT2D eigenvalue weighted by atomic mass is 32.1. The molecule has 0 amide bonds. The van der Waals surface area contributed by atoms with Gasteiger partial charge in [0.1, 0.15) is 27.7 Å². The molecule has 2 heterocycles. The van der Waals surface area contributed by atoms with Crippen LogP contribution in [-0.4, -0.2) is 57.0 Å². The Hall–Kier alpha value is -2.74. The molecule has 1 N–H and O–H groups in total. The van der Waals surface area contributed by atoms with Gasteiger partial charge in [-0.2, -0.15) is 0 Å². The number of aliphatic hydroxyl groups is 1. The van der Waals surface area contributed by atoms with Crippen LogP contribution in [0.3, 0.4) is 0 Å². The van der Waals surface area contributed by atoms with Crippen LogP contribution in [0.5, 0.6) is 0 Å². The van der Waals surface area contributed by atoms with Gasteiger partial charge in [0, 0.05) is 0 Å². The van der Waals surface area contributed by atoms with E-state index >= 15 is 0 Å². The van der Waals surface area contributed by atoms with Gasteiger partial charge in [0.15, 0.2) is 6.21 Å². The molecule has 0 aromatic carbocycles. The number of aliphatic hydroxyl groups excluding tert-OH is 1. The summed E-state index contributed by atoms with van der Waals surface area (Å²) in [5.41, 5.74) is 0.924. The average Bonchev–Trinajstić information content (AvgIpc) is 3.47. The van der Waals surface area contributed by atoms with Crippen molar-refractivity contribution in [1.29, 1.82) is 0 Å². The molecule has 1 aliphatic carbocycles. The maximum atomic E-state index is 12.8.